The number of thiophene rings is 1. The van der Waals surface area contributed by atoms with Crippen molar-refractivity contribution in [1.29, 1.82) is 0 Å². The van der Waals surface area contributed by atoms with Crippen LogP contribution in [0.2, 0.25) is 0 Å². The van der Waals surface area contributed by atoms with E-state index >= 15 is 0 Å². The van der Waals surface area contributed by atoms with Crippen molar-refractivity contribution in [2.75, 3.05) is 5.73 Å². The number of aryl methyl sites for hydroxylation is 2. The molecule has 3 rings (SSSR count). The minimum absolute atomic E-state index is 0.775. The number of rotatable bonds is 4. The Labute approximate surface area is 123 Å². The summed E-state index contributed by atoms with van der Waals surface area (Å²) in [6.07, 6.45) is 2.10. The monoisotopic (exact) mass is 285 g/mol. The van der Waals surface area contributed by atoms with Gasteiger partial charge in [0.05, 0.1) is 17.6 Å². The third-order valence-corrected chi connectivity index (χ3v) is 4.42. The molecule has 2 aromatic heterocycles. The highest BCUT2D eigenvalue weighted by Gasteiger charge is 2.11. The van der Waals surface area contributed by atoms with Crippen LogP contribution in [0.5, 0.6) is 0 Å². The summed E-state index contributed by atoms with van der Waals surface area (Å²) in [7, 11) is 0. The first-order chi connectivity index (χ1) is 9.67. The largest absolute Gasteiger partial charge is 0.399 e. The molecule has 0 saturated carbocycles. The molecule has 3 nitrogen and oxygen atoms in total. The van der Waals surface area contributed by atoms with Crippen molar-refractivity contribution >= 4 is 28.1 Å². The number of anilines is 1. The highest BCUT2D eigenvalue weighted by molar-refractivity contribution is 7.11. The molecule has 104 valence electrons. The van der Waals surface area contributed by atoms with Gasteiger partial charge in [-0.3, -0.25) is 0 Å². The van der Waals surface area contributed by atoms with Gasteiger partial charge in [0.2, 0.25) is 0 Å². The second-order valence-corrected chi connectivity index (χ2v) is 6.50. The zero-order chi connectivity index (χ0) is 14.1. The Morgan fingerprint density at radius 2 is 2.10 bits per heavy atom. The van der Waals surface area contributed by atoms with Crippen LogP contribution in [0.3, 0.4) is 0 Å². The van der Waals surface area contributed by atoms with Crippen molar-refractivity contribution in [2.24, 2.45) is 0 Å². The Morgan fingerprint density at radius 1 is 1.25 bits per heavy atom. The fourth-order valence-corrected chi connectivity index (χ4v) is 3.39. The molecule has 2 heterocycles. The molecule has 0 aliphatic heterocycles. The van der Waals surface area contributed by atoms with Gasteiger partial charge < -0.3 is 10.3 Å². The number of nitrogen functional groups attached to an aromatic ring is 1. The molecular weight excluding hydrogens is 266 g/mol. The Kier molecular flexibility index (Phi) is 3.49. The van der Waals surface area contributed by atoms with E-state index in [0.29, 0.717) is 0 Å². The van der Waals surface area contributed by atoms with Crippen LogP contribution in [0.15, 0.2) is 30.3 Å². The van der Waals surface area contributed by atoms with E-state index in [-0.39, 0.29) is 0 Å². The predicted molar refractivity (Wildman–Crippen MR) is 86.3 cm³/mol. The number of imidazole rings is 1. The van der Waals surface area contributed by atoms with Gasteiger partial charge in [-0.15, -0.1) is 11.3 Å². The van der Waals surface area contributed by atoms with E-state index in [0.717, 1.165) is 36.4 Å². The van der Waals surface area contributed by atoms with E-state index in [2.05, 4.69) is 36.6 Å². The lowest BCUT2D eigenvalue weighted by molar-refractivity contribution is 0.728. The maximum atomic E-state index is 5.87. The standard InChI is InChI=1S/C16H19N3S/c1-3-4-16-18-14-9-12(17)6-8-15(14)19(16)10-13-7-5-11(2)20-13/h5-9H,3-4,10,17H2,1-2H3. The fraction of sp³-hybridized carbons (Fsp3) is 0.312. The summed E-state index contributed by atoms with van der Waals surface area (Å²) in [5, 5.41) is 0. The molecule has 0 aliphatic carbocycles. The van der Waals surface area contributed by atoms with Crippen LogP contribution < -0.4 is 5.73 Å². The smallest absolute Gasteiger partial charge is 0.110 e. The average molecular weight is 285 g/mol. The first-order valence-electron chi connectivity index (χ1n) is 6.97. The van der Waals surface area contributed by atoms with Gasteiger partial charge in [-0.2, -0.15) is 0 Å². The molecule has 0 spiro atoms. The van der Waals surface area contributed by atoms with E-state index in [1.54, 1.807) is 0 Å². The van der Waals surface area contributed by atoms with Gasteiger partial charge in [0.25, 0.3) is 0 Å². The minimum Gasteiger partial charge on any atom is -0.399 e. The second-order valence-electron chi connectivity index (χ2n) is 5.12. The summed E-state index contributed by atoms with van der Waals surface area (Å²) >= 11 is 1.85. The van der Waals surface area contributed by atoms with E-state index in [1.165, 1.54) is 15.3 Å². The molecule has 3 aromatic rings. The van der Waals surface area contributed by atoms with Crippen LogP contribution in [0.1, 0.15) is 28.9 Å². The van der Waals surface area contributed by atoms with Gasteiger partial charge in [-0.1, -0.05) is 6.92 Å². The topological polar surface area (TPSA) is 43.8 Å². The lowest BCUT2D eigenvalue weighted by Gasteiger charge is -2.07. The molecular formula is C16H19N3S. The minimum atomic E-state index is 0.775. The highest BCUT2D eigenvalue weighted by atomic mass is 32.1. The number of hydrogen-bond donors (Lipinski definition) is 1. The summed E-state index contributed by atoms with van der Waals surface area (Å²) in [4.78, 5) is 7.48. The first kappa shape index (κ1) is 13.2. The van der Waals surface area contributed by atoms with Crippen molar-refractivity contribution in [3.63, 3.8) is 0 Å². The molecule has 0 unspecified atom stereocenters. The second kappa shape index (κ2) is 5.29. The molecule has 0 aliphatic rings. The van der Waals surface area contributed by atoms with Crippen LogP contribution in [0.25, 0.3) is 11.0 Å². The molecule has 1 aromatic carbocycles. The predicted octanol–water partition coefficient (Wildman–Crippen LogP) is 3.99. The number of nitrogens with zero attached hydrogens (tertiary/aromatic N) is 2. The summed E-state index contributed by atoms with van der Waals surface area (Å²) < 4.78 is 2.32. The lowest BCUT2D eigenvalue weighted by Crippen LogP contribution is -2.04. The molecule has 20 heavy (non-hydrogen) atoms. The van der Waals surface area contributed by atoms with Gasteiger partial charge in [-0.05, 0) is 43.7 Å². The number of benzene rings is 1. The molecule has 0 amide bonds. The molecule has 0 atom stereocenters. The van der Waals surface area contributed by atoms with Crippen LogP contribution in [0.4, 0.5) is 5.69 Å². The van der Waals surface area contributed by atoms with Crippen LogP contribution in [0, 0.1) is 6.92 Å². The maximum Gasteiger partial charge on any atom is 0.110 e. The summed E-state index contributed by atoms with van der Waals surface area (Å²) in [5.41, 5.74) is 8.82. The van der Waals surface area contributed by atoms with Gasteiger partial charge in [0.1, 0.15) is 5.82 Å². The van der Waals surface area contributed by atoms with Crippen molar-refractivity contribution in [2.45, 2.75) is 33.2 Å². The molecule has 4 heteroatoms. The quantitative estimate of drug-likeness (QED) is 0.737. The number of aromatic nitrogens is 2. The van der Waals surface area contributed by atoms with Crippen molar-refractivity contribution in [3.05, 3.63) is 45.9 Å². The third kappa shape index (κ3) is 2.43. The zero-order valence-electron chi connectivity index (χ0n) is 11.9. The zero-order valence-corrected chi connectivity index (χ0v) is 12.7. The molecule has 0 radical (unpaired) electrons. The van der Waals surface area contributed by atoms with Gasteiger partial charge in [-0.25, -0.2) is 4.98 Å². The highest BCUT2D eigenvalue weighted by Crippen LogP contribution is 2.23. The van der Waals surface area contributed by atoms with Crippen LogP contribution in [-0.2, 0) is 13.0 Å². The van der Waals surface area contributed by atoms with Gasteiger partial charge in [0.15, 0.2) is 0 Å². The maximum absolute atomic E-state index is 5.87. The SMILES string of the molecule is CCCc1nc2cc(N)ccc2n1Cc1ccc(C)s1. The van der Waals surface area contributed by atoms with E-state index in [9.17, 15) is 0 Å². The normalized spacial score (nSPS) is 11.3. The van der Waals surface area contributed by atoms with Gasteiger partial charge in [0, 0.05) is 21.9 Å². The average Bonchev–Trinajstić information content (AvgIpc) is 2.95. The van der Waals surface area contributed by atoms with E-state index < -0.39 is 0 Å². The molecule has 2 N–H and O–H groups in total. The van der Waals surface area contributed by atoms with Crippen molar-refractivity contribution in [3.8, 4) is 0 Å². The van der Waals surface area contributed by atoms with Crippen LogP contribution >= 0.6 is 11.3 Å². The summed E-state index contributed by atoms with van der Waals surface area (Å²) in [6, 6.07) is 10.4. The van der Waals surface area contributed by atoms with Crippen molar-refractivity contribution < 1.29 is 0 Å². The number of nitrogens with two attached hydrogens (primary N) is 1. The third-order valence-electron chi connectivity index (χ3n) is 3.43. The molecule has 0 saturated heterocycles. The fourth-order valence-electron chi connectivity index (χ4n) is 2.51. The number of fused-ring (bicyclic) bond motifs is 1. The Hall–Kier alpha value is -1.81. The van der Waals surface area contributed by atoms with E-state index in [4.69, 9.17) is 10.7 Å². The van der Waals surface area contributed by atoms with E-state index in [1.807, 2.05) is 23.5 Å². The Bertz CT molecular complexity index is 739. The number of hydrogen-bond acceptors (Lipinski definition) is 3. The van der Waals surface area contributed by atoms with Crippen molar-refractivity contribution in [1.82, 2.24) is 9.55 Å². The molecule has 0 bridgehead atoms. The van der Waals surface area contributed by atoms with Crippen LogP contribution in [-0.4, -0.2) is 9.55 Å². The summed E-state index contributed by atoms with van der Waals surface area (Å²) in [6.45, 7) is 5.23. The summed E-state index contributed by atoms with van der Waals surface area (Å²) in [5.74, 6) is 1.15. The lowest BCUT2D eigenvalue weighted by atomic mass is 10.3. The molecule has 0 fully saturated rings. The Balaban J connectivity index is 2.08. The van der Waals surface area contributed by atoms with Gasteiger partial charge >= 0.3 is 0 Å². The first-order valence-corrected chi connectivity index (χ1v) is 7.79. The Morgan fingerprint density at radius 3 is 2.80 bits per heavy atom.